The second-order valence-corrected chi connectivity index (χ2v) is 5.41. The largest absolute Gasteiger partial charge is 0.435 e. The Kier molecular flexibility index (Phi) is 4.49. The molecule has 2 aromatic rings. The summed E-state index contributed by atoms with van der Waals surface area (Å²) in [4.78, 5) is 12.1. The predicted molar refractivity (Wildman–Crippen MR) is 76.5 cm³/mol. The van der Waals surface area contributed by atoms with Gasteiger partial charge in [0.15, 0.2) is 5.69 Å². The standard InChI is InChI=1S/C14H18F3N5O/c1-8-5-11(19-21(8)4)7-18-13(23)10(3)22-9(2)6-12(20-22)14(15,16)17/h5-6,10H,7H2,1-4H3,(H,18,23). The highest BCUT2D eigenvalue weighted by molar-refractivity contribution is 5.79. The number of nitrogens with zero attached hydrogens (tertiary/aromatic N) is 4. The van der Waals surface area contributed by atoms with E-state index < -0.39 is 23.8 Å². The van der Waals surface area contributed by atoms with E-state index in [1.165, 1.54) is 13.8 Å². The van der Waals surface area contributed by atoms with Crippen LogP contribution in [0.15, 0.2) is 12.1 Å². The predicted octanol–water partition coefficient (Wildman–Crippen LogP) is 2.13. The van der Waals surface area contributed by atoms with Crippen LogP contribution in [0.25, 0.3) is 0 Å². The van der Waals surface area contributed by atoms with Gasteiger partial charge in [0.1, 0.15) is 6.04 Å². The van der Waals surface area contributed by atoms with Gasteiger partial charge in [0.25, 0.3) is 0 Å². The first-order chi connectivity index (χ1) is 10.6. The number of aromatic nitrogens is 4. The van der Waals surface area contributed by atoms with Gasteiger partial charge >= 0.3 is 6.18 Å². The molecule has 2 rings (SSSR count). The number of alkyl halides is 3. The normalized spacial score (nSPS) is 13.2. The lowest BCUT2D eigenvalue weighted by atomic mass is 10.3. The monoisotopic (exact) mass is 329 g/mol. The number of carbonyl (C=O) groups is 1. The highest BCUT2D eigenvalue weighted by Gasteiger charge is 2.35. The van der Waals surface area contributed by atoms with Gasteiger partial charge in [-0.05, 0) is 32.9 Å². The van der Waals surface area contributed by atoms with Gasteiger partial charge in [0.2, 0.25) is 5.91 Å². The molecule has 0 fully saturated rings. The average Bonchev–Trinajstić information content (AvgIpc) is 2.98. The fourth-order valence-electron chi connectivity index (χ4n) is 2.18. The van der Waals surface area contributed by atoms with Crippen molar-refractivity contribution >= 4 is 5.91 Å². The van der Waals surface area contributed by atoms with Crippen LogP contribution in [-0.4, -0.2) is 25.5 Å². The summed E-state index contributed by atoms with van der Waals surface area (Å²) in [5.41, 5.74) is 0.891. The molecule has 2 heterocycles. The molecule has 0 aliphatic rings. The van der Waals surface area contributed by atoms with Crippen LogP contribution in [0.4, 0.5) is 13.2 Å². The Bertz CT molecular complexity index is 697. The topological polar surface area (TPSA) is 64.7 Å². The van der Waals surface area contributed by atoms with Crippen LogP contribution in [0.3, 0.4) is 0 Å². The van der Waals surface area contributed by atoms with Gasteiger partial charge in [-0.1, -0.05) is 0 Å². The molecule has 0 bridgehead atoms. The molecule has 0 spiro atoms. The molecule has 0 saturated heterocycles. The minimum Gasteiger partial charge on any atom is -0.349 e. The lowest BCUT2D eigenvalue weighted by molar-refractivity contribution is -0.142. The molecule has 126 valence electrons. The van der Waals surface area contributed by atoms with Gasteiger partial charge in [0, 0.05) is 18.4 Å². The summed E-state index contributed by atoms with van der Waals surface area (Å²) in [7, 11) is 1.79. The first-order valence-electron chi connectivity index (χ1n) is 7.00. The van der Waals surface area contributed by atoms with Gasteiger partial charge in [-0.3, -0.25) is 14.2 Å². The molecule has 2 aromatic heterocycles. The van der Waals surface area contributed by atoms with Crippen LogP contribution in [0.1, 0.15) is 35.7 Å². The van der Waals surface area contributed by atoms with Crippen molar-refractivity contribution in [2.24, 2.45) is 7.05 Å². The fraction of sp³-hybridized carbons (Fsp3) is 0.500. The highest BCUT2D eigenvalue weighted by atomic mass is 19.4. The second kappa shape index (κ2) is 6.05. The van der Waals surface area contributed by atoms with Gasteiger partial charge in [-0.15, -0.1) is 0 Å². The maximum atomic E-state index is 12.7. The molecule has 1 unspecified atom stereocenters. The van der Waals surface area contributed by atoms with Crippen molar-refractivity contribution in [1.29, 1.82) is 0 Å². The molecule has 6 nitrogen and oxygen atoms in total. The molecule has 9 heteroatoms. The van der Waals surface area contributed by atoms with Crippen LogP contribution in [0, 0.1) is 13.8 Å². The minimum atomic E-state index is -4.53. The van der Waals surface area contributed by atoms with Gasteiger partial charge in [-0.25, -0.2) is 0 Å². The number of carbonyl (C=O) groups excluding carboxylic acids is 1. The molecule has 0 aliphatic heterocycles. The first kappa shape index (κ1) is 17.0. The van der Waals surface area contributed by atoms with Crippen LogP contribution in [0.2, 0.25) is 0 Å². The fourth-order valence-corrected chi connectivity index (χ4v) is 2.18. The Morgan fingerprint density at radius 2 is 1.91 bits per heavy atom. The third-order valence-corrected chi connectivity index (χ3v) is 3.57. The van der Waals surface area contributed by atoms with E-state index in [-0.39, 0.29) is 12.2 Å². The number of hydrogen-bond acceptors (Lipinski definition) is 3. The third-order valence-electron chi connectivity index (χ3n) is 3.57. The Morgan fingerprint density at radius 1 is 1.26 bits per heavy atom. The van der Waals surface area contributed by atoms with E-state index >= 15 is 0 Å². The molecule has 0 aliphatic carbocycles. The van der Waals surface area contributed by atoms with Crippen molar-refractivity contribution in [2.45, 2.75) is 39.5 Å². The second-order valence-electron chi connectivity index (χ2n) is 5.41. The number of nitrogens with one attached hydrogen (secondary N) is 1. The quantitative estimate of drug-likeness (QED) is 0.934. The van der Waals surface area contributed by atoms with E-state index in [1.54, 1.807) is 11.7 Å². The number of rotatable bonds is 4. The summed E-state index contributed by atoms with van der Waals surface area (Å²) < 4.78 is 40.8. The first-order valence-corrected chi connectivity index (χ1v) is 7.00. The number of halogens is 3. The maximum absolute atomic E-state index is 12.7. The zero-order chi connectivity index (χ0) is 17.4. The smallest absolute Gasteiger partial charge is 0.349 e. The van der Waals surface area contributed by atoms with Crippen molar-refractivity contribution < 1.29 is 18.0 Å². The van der Waals surface area contributed by atoms with Crippen LogP contribution in [-0.2, 0) is 24.6 Å². The van der Waals surface area contributed by atoms with Crippen molar-refractivity contribution in [3.05, 3.63) is 34.9 Å². The molecule has 1 atom stereocenters. The number of aryl methyl sites for hydroxylation is 3. The summed E-state index contributed by atoms with van der Waals surface area (Å²) in [6, 6.07) is 1.90. The Hall–Kier alpha value is -2.32. The van der Waals surface area contributed by atoms with E-state index in [2.05, 4.69) is 15.5 Å². The highest BCUT2D eigenvalue weighted by Crippen LogP contribution is 2.29. The zero-order valence-corrected chi connectivity index (χ0v) is 13.3. The van der Waals surface area contributed by atoms with Crippen LogP contribution < -0.4 is 5.32 Å². The van der Waals surface area contributed by atoms with E-state index in [9.17, 15) is 18.0 Å². The lowest BCUT2D eigenvalue weighted by Crippen LogP contribution is -2.31. The van der Waals surface area contributed by atoms with E-state index in [1.807, 2.05) is 13.0 Å². The molecule has 0 aromatic carbocycles. The Balaban J connectivity index is 2.06. The molecule has 0 saturated carbocycles. The summed E-state index contributed by atoms with van der Waals surface area (Å²) in [6.07, 6.45) is -4.53. The molecular formula is C14H18F3N5O. The van der Waals surface area contributed by atoms with Crippen molar-refractivity contribution in [1.82, 2.24) is 24.9 Å². The van der Waals surface area contributed by atoms with Crippen molar-refractivity contribution in [2.75, 3.05) is 0 Å². The van der Waals surface area contributed by atoms with Crippen LogP contribution >= 0.6 is 0 Å². The summed E-state index contributed by atoms with van der Waals surface area (Å²) in [5.74, 6) is -0.423. The van der Waals surface area contributed by atoms with Crippen molar-refractivity contribution in [3.8, 4) is 0 Å². The Morgan fingerprint density at radius 3 is 2.39 bits per heavy atom. The van der Waals surface area contributed by atoms with Crippen molar-refractivity contribution in [3.63, 3.8) is 0 Å². The van der Waals surface area contributed by atoms with E-state index in [0.29, 0.717) is 5.69 Å². The summed E-state index contributed by atoms with van der Waals surface area (Å²) in [5, 5.41) is 10.3. The number of hydrogen-bond donors (Lipinski definition) is 1. The summed E-state index contributed by atoms with van der Waals surface area (Å²) in [6.45, 7) is 5.07. The van der Waals surface area contributed by atoms with E-state index in [0.717, 1.165) is 16.4 Å². The molecule has 1 N–H and O–H groups in total. The molecule has 23 heavy (non-hydrogen) atoms. The van der Waals surface area contributed by atoms with E-state index in [4.69, 9.17) is 0 Å². The van der Waals surface area contributed by atoms with Gasteiger partial charge < -0.3 is 5.32 Å². The average molecular weight is 329 g/mol. The molecule has 0 radical (unpaired) electrons. The molecule has 1 amide bonds. The Labute approximate surface area is 131 Å². The third kappa shape index (κ3) is 3.72. The van der Waals surface area contributed by atoms with Gasteiger partial charge in [-0.2, -0.15) is 23.4 Å². The lowest BCUT2D eigenvalue weighted by Gasteiger charge is -2.14. The number of amides is 1. The summed E-state index contributed by atoms with van der Waals surface area (Å²) >= 11 is 0. The minimum absolute atomic E-state index is 0.206. The molecular weight excluding hydrogens is 311 g/mol. The van der Waals surface area contributed by atoms with Crippen LogP contribution in [0.5, 0.6) is 0 Å². The SMILES string of the molecule is Cc1cc(CNC(=O)C(C)n2nc(C(F)(F)F)cc2C)nn1C. The zero-order valence-electron chi connectivity index (χ0n) is 13.3. The van der Waals surface area contributed by atoms with Gasteiger partial charge in [0.05, 0.1) is 12.2 Å². The maximum Gasteiger partial charge on any atom is 0.435 e.